The zero-order valence-corrected chi connectivity index (χ0v) is 8.55. The van der Waals surface area contributed by atoms with Crippen LogP contribution < -0.4 is 9.47 Å². The Hall–Kier alpha value is -1.90. The summed E-state index contributed by atoms with van der Waals surface area (Å²) in [5.74, 6) is 0.0286. The van der Waals surface area contributed by atoms with Gasteiger partial charge in [0, 0.05) is 6.07 Å². The topological polar surface area (TPSA) is 42.2 Å². The summed E-state index contributed by atoms with van der Waals surface area (Å²) in [5, 5.41) is 8.62. The highest BCUT2D eigenvalue weighted by Gasteiger charge is 2.35. The highest BCUT2D eigenvalue weighted by Crippen LogP contribution is 2.38. The largest absolute Gasteiger partial charge is 0.493 e. The summed E-state index contributed by atoms with van der Waals surface area (Å²) in [6, 6.07) is 3.22. The molecule has 86 valence electrons. The third-order valence-electron chi connectivity index (χ3n) is 1.95. The maximum atomic E-state index is 12.5. The number of alkyl halides is 3. The lowest BCUT2D eigenvalue weighted by Crippen LogP contribution is -2.08. The van der Waals surface area contributed by atoms with Crippen LogP contribution in [0.25, 0.3) is 0 Å². The van der Waals surface area contributed by atoms with E-state index in [-0.39, 0.29) is 11.5 Å². The third kappa shape index (κ3) is 2.19. The van der Waals surface area contributed by atoms with Gasteiger partial charge in [0.05, 0.1) is 31.4 Å². The van der Waals surface area contributed by atoms with Crippen molar-refractivity contribution < 1.29 is 22.6 Å². The van der Waals surface area contributed by atoms with Crippen LogP contribution in [0.3, 0.4) is 0 Å². The van der Waals surface area contributed by atoms with E-state index in [2.05, 4.69) is 0 Å². The van der Waals surface area contributed by atoms with Crippen molar-refractivity contribution in [2.45, 2.75) is 6.18 Å². The van der Waals surface area contributed by atoms with E-state index in [0.29, 0.717) is 0 Å². The van der Waals surface area contributed by atoms with Crippen molar-refractivity contribution in [1.29, 1.82) is 5.26 Å². The summed E-state index contributed by atoms with van der Waals surface area (Å²) in [4.78, 5) is 0. The molecule has 0 heterocycles. The molecule has 0 unspecified atom stereocenters. The molecule has 0 bridgehead atoms. The molecule has 0 saturated heterocycles. The van der Waals surface area contributed by atoms with Gasteiger partial charge in [-0.1, -0.05) is 0 Å². The second-order valence-corrected chi connectivity index (χ2v) is 2.86. The average Bonchev–Trinajstić information content (AvgIpc) is 2.25. The van der Waals surface area contributed by atoms with E-state index in [1.807, 2.05) is 0 Å². The van der Waals surface area contributed by atoms with E-state index < -0.39 is 17.3 Å². The fraction of sp³-hybridized carbons (Fsp3) is 0.300. The van der Waals surface area contributed by atoms with Gasteiger partial charge in [0.2, 0.25) is 0 Å². The van der Waals surface area contributed by atoms with Crippen LogP contribution in [-0.4, -0.2) is 14.2 Å². The molecule has 3 nitrogen and oxygen atoms in total. The van der Waals surface area contributed by atoms with Gasteiger partial charge in [0.25, 0.3) is 0 Å². The lowest BCUT2D eigenvalue weighted by molar-refractivity contribution is -0.137. The molecule has 0 aliphatic heterocycles. The minimum absolute atomic E-state index is 0.0613. The van der Waals surface area contributed by atoms with Crippen LogP contribution in [0.2, 0.25) is 0 Å². The number of halogens is 3. The van der Waals surface area contributed by atoms with Crippen molar-refractivity contribution in [2.24, 2.45) is 0 Å². The lowest BCUT2D eigenvalue weighted by Gasteiger charge is -2.13. The molecular weight excluding hydrogens is 223 g/mol. The van der Waals surface area contributed by atoms with Crippen molar-refractivity contribution >= 4 is 0 Å². The van der Waals surface area contributed by atoms with Crippen molar-refractivity contribution in [3.8, 4) is 17.6 Å². The van der Waals surface area contributed by atoms with Crippen molar-refractivity contribution in [3.05, 3.63) is 23.3 Å². The fourth-order valence-electron chi connectivity index (χ4n) is 1.21. The minimum Gasteiger partial charge on any atom is -0.493 e. The summed E-state index contributed by atoms with van der Waals surface area (Å²) < 4.78 is 47.2. The molecule has 0 fully saturated rings. The number of hydrogen-bond donors (Lipinski definition) is 0. The predicted octanol–water partition coefficient (Wildman–Crippen LogP) is 2.59. The fourth-order valence-corrected chi connectivity index (χ4v) is 1.21. The Morgan fingerprint density at radius 3 is 2.00 bits per heavy atom. The number of nitriles is 1. The number of benzene rings is 1. The molecule has 6 heteroatoms. The lowest BCUT2D eigenvalue weighted by atomic mass is 10.1. The molecule has 0 atom stereocenters. The molecule has 0 saturated carbocycles. The molecule has 0 aliphatic carbocycles. The van der Waals surface area contributed by atoms with E-state index in [1.54, 1.807) is 0 Å². The first kappa shape index (κ1) is 12.2. The van der Waals surface area contributed by atoms with Crippen LogP contribution in [-0.2, 0) is 6.18 Å². The van der Waals surface area contributed by atoms with Gasteiger partial charge < -0.3 is 9.47 Å². The maximum absolute atomic E-state index is 12.5. The van der Waals surface area contributed by atoms with E-state index in [9.17, 15) is 13.2 Å². The van der Waals surface area contributed by atoms with E-state index >= 15 is 0 Å². The van der Waals surface area contributed by atoms with Gasteiger partial charge in [0.1, 0.15) is 0 Å². The Morgan fingerprint density at radius 1 is 1.12 bits per heavy atom. The minimum atomic E-state index is -4.59. The molecule has 1 aromatic carbocycles. The van der Waals surface area contributed by atoms with Crippen LogP contribution >= 0.6 is 0 Å². The molecule has 0 amide bonds. The second kappa shape index (κ2) is 4.31. The van der Waals surface area contributed by atoms with Crippen molar-refractivity contribution in [1.82, 2.24) is 0 Å². The van der Waals surface area contributed by atoms with Crippen LogP contribution in [0.1, 0.15) is 11.1 Å². The van der Waals surface area contributed by atoms with Gasteiger partial charge in [-0.2, -0.15) is 18.4 Å². The summed E-state index contributed by atoms with van der Waals surface area (Å²) in [5.41, 5.74) is -1.53. The first-order chi connectivity index (χ1) is 7.43. The predicted molar refractivity (Wildman–Crippen MR) is 49.3 cm³/mol. The van der Waals surface area contributed by atoms with E-state index in [1.165, 1.54) is 20.3 Å². The monoisotopic (exact) mass is 231 g/mol. The molecule has 1 aromatic rings. The molecule has 0 spiro atoms. The smallest absolute Gasteiger partial charge is 0.417 e. The van der Waals surface area contributed by atoms with Crippen LogP contribution in [0.15, 0.2) is 12.1 Å². The number of nitrogens with zero attached hydrogens (tertiary/aromatic N) is 1. The van der Waals surface area contributed by atoms with Gasteiger partial charge in [-0.05, 0) is 6.07 Å². The normalized spacial score (nSPS) is 10.8. The first-order valence-electron chi connectivity index (χ1n) is 4.17. The van der Waals surface area contributed by atoms with Gasteiger partial charge in [-0.3, -0.25) is 0 Å². The molecule has 0 aliphatic rings. The summed E-state index contributed by atoms with van der Waals surface area (Å²) in [6.45, 7) is 0. The van der Waals surface area contributed by atoms with Crippen LogP contribution in [0, 0.1) is 11.3 Å². The Morgan fingerprint density at radius 2 is 1.62 bits per heavy atom. The van der Waals surface area contributed by atoms with Crippen molar-refractivity contribution in [3.63, 3.8) is 0 Å². The summed E-state index contributed by atoms with van der Waals surface area (Å²) in [6.07, 6.45) is -4.59. The van der Waals surface area contributed by atoms with Crippen LogP contribution in [0.4, 0.5) is 13.2 Å². The van der Waals surface area contributed by atoms with Gasteiger partial charge in [-0.15, -0.1) is 0 Å². The second-order valence-electron chi connectivity index (χ2n) is 2.86. The molecule has 1 rings (SSSR count). The number of hydrogen-bond acceptors (Lipinski definition) is 3. The highest BCUT2D eigenvalue weighted by atomic mass is 19.4. The molecular formula is C10H8F3NO2. The molecule has 0 N–H and O–H groups in total. The van der Waals surface area contributed by atoms with E-state index in [0.717, 1.165) is 12.1 Å². The Bertz CT molecular complexity index is 435. The Balaban J connectivity index is 3.45. The first-order valence-corrected chi connectivity index (χ1v) is 4.17. The van der Waals surface area contributed by atoms with Crippen molar-refractivity contribution in [2.75, 3.05) is 14.2 Å². The zero-order valence-electron chi connectivity index (χ0n) is 8.55. The highest BCUT2D eigenvalue weighted by molar-refractivity contribution is 5.52. The van der Waals surface area contributed by atoms with E-state index in [4.69, 9.17) is 14.7 Å². The number of methoxy groups -OCH3 is 2. The number of rotatable bonds is 2. The van der Waals surface area contributed by atoms with Gasteiger partial charge in [0.15, 0.2) is 11.5 Å². The SMILES string of the molecule is COc1cc(C#N)c(C(F)(F)F)cc1OC. The summed E-state index contributed by atoms with van der Waals surface area (Å²) >= 11 is 0. The molecule has 0 radical (unpaired) electrons. The average molecular weight is 231 g/mol. The third-order valence-corrected chi connectivity index (χ3v) is 1.95. The number of ether oxygens (including phenoxy) is 2. The molecule has 0 aromatic heterocycles. The Labute approximate surface area is 90.0 Å². The standard InChI is InChI=1S/C10H8F3NO2/c1-15-8-3-6(5-14)7(10(11,12)13)4-9(8)16-2/h3-4H,1-2H3. The zero-order chi connectivity index (χ0) is 12.3. The Kier molecular flexibility index (Phi) is 3.28. The summed E-state index contributed by atoms with van der Waals surface area (Å²) in [7, 11) is 2.51. The van der Waals surface area contributed by atoms with Gasteiger partial charge >= 0.3 is 6.18 Å². The maximum Gasteiger partial charge on any atom is 0.417 e. The molecule has 16 heavy (non-hydrogen) atoms. The van der Waals surface area contributed by atoms with Crippen LogP contribution in [0.5, 0.6) is 11.5 Å². The van der Waals surface area contributed by atoms with Gasteiger partial charge in [-0.25, -0.2) is 0 Å². The quantitative estimate of drug-likeness (QED) is 0.785.